The first-order chi connectivity index (χ1) is 21.5. The minimum atomic E-state index is -0.737. The van der Waals surface area contributed by atoms with Gasteiger partial charge in [-0.3, -0.25) is 14.6 Å². The van der Waals surface area contributed by atoms with Crippen LogP contribution in [0.5, 0.6) is 11.5 Å². The molecular formula is C34H42N6O4. The summed E-state index contributed by atoms with van der Waals surface area (Å²) >= 11 is 0. The van der Waals surface area contributed by atoms with Gasteiger partial charge in [-0.05, 0) is 42.5 Å². The normalized spacial score (nSPS) is 20.2. The number of amides is 2. The van der Waals surface area contributed by atoms with Crippen LogP contribution in [-0.2, 0) is 9.59 Å². The lowest BCUT2D eigenvalue weighted by Crippen LogP contribution is -2.51. The van der Waals surface area contributed by atoms with Crippen molar-refractivity contribution in [2.24, 2.45) is 10.7 Å². The molecular weight excluding hydrogens is 556 g/mol. The number of hydrogen-bond acceptors (Lipinski definition) is 6. The van der Waals surface area contributed by atoms with E-state index in [0.717, 1.165) is 6.42 Å². The molecule has 10 nitrogen and oxygen atoms in total. The fourth-order valence-corrected chi connectivity index (χ4v) is 5.71. The van der Waals surface area contributed by atoms with Crippen LogP contribution < -0.4 is 31.2 Å². The second kappa shape index (κ2) is 15.2. The van der Waals surface area contributed by atoms with Gasteiger partial charge in [0.05, 0.1) is 6.04 Å². The molecule has 5 rings (SSSR count). The number of aliphatic imine (C=N–C) groups is 1. The summed E-state index contributed by atoms with van der Waals surface area (Å²) < 4.78 is 11.6. The maximum absolute atomic E-state index is 14.0. The lowest BCUT2D eigenvalue weighted by Gasteiger charge is -2.29. The molecule has 1 fully saturated rings. The Kier molecular flexibility index (Phi) is 10.7. The highest BCUT2D eigenvalue weighted by Crippen LogP contribution is 2.31. The van der Waals surface area contributed by atoms with Gasteiger partial charge in [0.2, 0.25) is 12.0 Å². The summed E-state index contributed by atoms with van der Waals surface area (Å²) in [5, 5.41) is 9.67. The van der Waals surface area contributed by atoms with Gasteiger partial charge in [0.25, 0.3) is 5.91 Å². The van der Waals surface area contributed by atoms with Crippen molar-refractivity contribution in [1.29, 1.82) is 0 Å². The van der Waals surface area contributed by atoms with Crippen molar-refractivity contribution < 1.29 is 19.1 Å². The number of hydrogen-bond donors (Lipinski definition) is 4. The number of nitrogens with two attached hydrogens (primary N) is 1. The van der Waals surface area contributed by atoms with Gasteiger partial charge in [0.15, 0.2) is 17.5 Å². The van der Waals surface area contributed by atoms with Gasteiger partial charge < -0.3 is 36.1 Å². The van der Waals surface area contributed by atoms with Gasteiger partial charge in [-0.2, -0.15) is 0 Å². The number of nitrogens with zero attached hydrogens (tertiary/aromatic N) is 2. The number of carbonyl (C=O) groups is 2. The fourth-order valence-electron chi connectivity index (χ4n) is 5.71. The maximum atomic E-state index is 14.0. The molecule has 0 aliphatic carbocycles. The molecule has 3 atom stereocenters. The summed E-state index contributed by atoms with van der Waals surface area (Å²) in [6.45, 7) is 2.25. The molecule has 2 aliphatic rings. The third kappa shape index (κ3) is 8.08. The minimum absolute atomic E-state index is 0.0341. The van der Waals surface area contributed by atoms with Crippen LogP contribution in [0.15, 0.2) is 89.9 Å². The van der Waals surface area contributed by atoms with E-state index in [1.807, 2.05) is 59.5 Å². The number of rotatable bonds is 11. The first-order valence-corrected chi connectivity index (χ1v) is 15.3. The van der Waals surface area contributed by atoms with Gasteiger partial charge in [0, 0.05) is 45.2 Å². The highest BCUT2D eigenvalue weighted by atomic mass is 16.6. The Labute approximate surface area is 259 Å². The third-order valence-corrected chi connectivity index (χ3v) is 8.14. The quantitative estimate of drug-likeness (QED) is 0.152. The first kappa shape index (κ1) is 30.9. The fraction of sp³-hybridized carbons (Fsp3) is 0.382. The lowest BCUT2D eigenvalue weighted by atomic mass is 9.90. The number of guanidine groups is 1. The molecule has 5 N–H and O–H groups in total. The SMILES string of the molecule is CN=C(N)NCCCC1NC(CNC(=O)C2COc3ccccc3O2)CCN(CC(c2ccccc2)c2ccccc2)C1=O. The second-order valence-electron chi connectivity index (χ2n) is 11.2. The van der Waals surface area contributed by atoms with Crippen LogP contribution in [0, 0.1) is 0 Å². The first-order valence-electron chi connectivity index (χ1n) is 15.3. The zero-order valence-corrected chi connectivity index (χ0v) is 25.2. The number of ether oxygens (including phenoxy) is 2. The summed E-state index contributed by atoms with van der Waals surface area (Å²) in [6.07, 6.45) is 1.29. The van der Waals surface area contributed by atoms with E-state index in [2.05, 4.69) is 45.2 Å². The average Bonchev–Trinajstić information content (AvgIpc) is 3.22. The Balaban J connectivity index is 1.27. The van der Waals surface area contributed by atoms with E-state index >= 15 is 0 Å². The Bertz CT molecular complexity index is 1360. The molecule has 232 valence electrons. The zero-order valence-electron chi connectivity index (χ0n) is 25.2. The van der Waals surface area contributed by atoms with Crippen LogP contribution in [-0.4, -0.2) is 80.7 Å². The van der Waals surface area contributed by atoms with Crippen LogP contribution in [0.3, 0.4) is 0 Å². The number of carbonyl (C=O) groups excluding carboxylic acids is 2. The van der Waals surface area contributed by atoms with Gasteiger partial charge >= 0.3 is 0 Å². The lowest BCUT2D eigenvalue weighted by molar-refractivity contribution is -0.133. The number of fused-ring (bicyclic) bond motifs is 1. The highest BCUT2D eigenvalue weighted by molar-refractivity contribution is 5.83. The summed E-state index contributed by atoms with van der Waals surface area (Å²) in [6, 6.07) is 27.5. The molecule has 0 saturated carbocycles. The van der Waals surface area contributed by atoms with E-state index < -0.39 is 12.1 Å². The van der Waals surface area contributed by atoms with Crippen molar-refractivity contribution in [2.75, 3.05) is 39.8 Å². The number of nitrogens with one attached hydrogen (secondary N) is 3. The maximum Gasteiger partial charge on any atom is 0.264 e. The highest BCUT2D eigenvalue weighted by Gasteiger charge is 2.33. The third-order valence-electron chi connectivity index (χ3n) is 8.14. The van der Waals surface area contributed by atoms with E-state index in [1.165, 1.54) is 11.1 Å². The van der Waals surface area contributed by atoms with Gasteiger partial charge in [-0.15, -0.1) is 0 Å². The van der Waals surface area contributed by atoms with Gasteiger partial charge in [0.1, 0.15) is 6.61 Å². The van der Waals surface area contributed by atoms with Crippen molar-refractivity contribution in [3.05, 3.63) is 96.1 Å². The number of para-hydroxylation sites is 2. The standard InChI is InChI=1S/C34H42N6O4/c1-36-34(35)37-19-10-15-28-33(42)40(22-27(24-11-4-2-5-12-24)25-13-6-3-7-14-25)20-18-26(39-28)21-38-32(41)31-23-43-29-16-8-9-17-30(29)44-31/h2-9,11-14,16-17,26-28,31,39H,10,15,18-23H2,1H3,(H,38,41)(H3,35,36,37). The molecule has 2 aliphatic heterocycles. The Morgan fingerprint density at radius 3 is 2.34 bits per heavy atom. The van der Waals surface area contributed by atoms with Gasteiger partial charge in [-0.25, -0.2) is 0 Å². The van der Waals surface area contributed by atoms with E-state index in [1.54, 1.807) is 13.1 Å². The predicted molar refractivity (Wildman–Crippen MR) is 171 cm³/mol. The van der Waals surface area contributed by atoms with E-state index in [9.17, 15) is 9.59 Å². The molecule has 10 heteroatoms. The van der Waals surface area contributed by atoms with Crippen molar-refractivity contribution in [3.63, 3.8) is 0 Å². The minimum Gasteiger partial charge on any atom is -0.485 e. The molecule has 3 unspecified atom stereocenters. The molecule has 2 amide bonds. The van der Waals surface area contributed by atoms with Crippen molar-refractivity contribution >= 4 is 17.8 Å². The monoisotopic (exact) mass is 598 g/mol. The van der Waals surface area contributed by atoms with Crippen LogP contribution in [0.25, 0.3) is 0 Å². The molecule has 0 spiro atoms. The number of benzene rings is 3. The van der Waals surface area contributed by atoms with E-state index in [0.29, 0.717) is 56.5 Å². The largest absolute Gasteiger partial charge is 0.485 e. The molecule has 1 saturated heterocycles. The topological polar surface area (TPSA) is 130 Å². The van der Waals surface area contributed by atoms with Crippen LogP contribution >= 0.6 is 0 Å². The van der Waals surface area contributed by atoms with Crippen molar-refractivity contribution in [1.82, 2.24) is 20.9 Å². The van der Waals surface area contributed by atoms with E-state index in [4.69, 9.17) is 15.2 Å². The summed E-state index contributed by atoms with van der Waals surface area (Å²) in [5.41, 5.74) is 8.13. The Hall–Kier alpha value is -4.57. The molecule has 0 bridgehead atoms. The van der Waals surface area contributed by atoms with Crippen molar-refractivity contribution in [3.8, 4) is 11.5 Å². The van der Waals surface area contributed by atoms with Crippen LogP contribution in [0.2, 0.25) is 0 Å². The van der Waals surface area contributed by atoms with E-state index in [-0.39, 0.29) is 30.4 Å². The molecule has 3 aromatic carbocycles. The van der Waals surface area contributed by atoms with Crippen LogP contribution in [0.1, 0.15) is 36.3 Å². The summed E-state index contributed by atoms with van der Waals surface area (Å²) in [5.74, 6) is 1.42. The second-order valence-corrected chi connectivity index (χ2v) is 11.2. The van der Waals surface area contributed by atoms with Gasteiger partial charge in [-0.1, -0.05) is 72.8 Å². The predicted octanol–water partition coefficient (Wildman–Crippen LogP) is 2.65. The molecule has 0 aromatic heterocycles. The molecule has 0 radical (unpaired) electrons. The zero-order chi connectivity index (χ0) is 30.7. The molecule has 44 heavy (non-hydrogen) atoms. The Morgan fingerprint density at radius 1 is 1.00 bits per heavy atom. The molecule has 2 heterocycles. The average molecular weight is 599 g/mol. The smallest absolute Gasteiger partial charge is 0.264 e. The Morgan fingerprint density at radius 2 is 1.66 bits per heavy atom. The summed E-state index contributed by atoms with van der Waals surface area (Å²) in [7, 11) is 1.63. The molecule has 3 aromatic rings. The van der Waals surface area contributed by atoms with Crippen LogP contribution in [0.4, 0.5) is 0 Å². The van der Waals surface area contributed by atoms with Crippen molar-refractivity contribution in [2.45, 2.75) is 43.4 Å². The summed E-state index contributed by atoms with van der Waals surface area (Å²) in [4.78, 5) is 33.0.